The highest BCUT2D eigenvalue weighted by Crippen LogP contribution is 2.28. The van der Waals surface area contributed by atoms with Crippen LogP contribution in [0.5, 0.6) is 5.75 Å². The van der Waals surface area contributed by atoms with Crippen LogP contribution in [-0.2, 0) is 31.0 Å². The zero-order valence-corrected chi connectivity index (χ0v) is 21.6. The summed E-state index contributed by atoms with van der Waals surface area (Å²) in [6.07, 6.45) is 5.90. The molecule has 0 aliphatic heterocycles. The first kappa shape index (κ1) is 25.9. The summed E-state index contributed by atoms with van der Waals surface area (Å²) in [6, 6.07) is 13.5. The first-order chi connectivity index (χ1) is 18.9. The summed E-state index contributed by atoms with van der Waals surface area (Å²) in [5.74, 6) is 0.389. The predicted molar refractivity (Wildman–Crippen MR) is 144 cm³/mol. The maximum absolute atomic E-state index is 13.2. The second-order valence-electron chi connectivity index (χ2n) is 9.06. The molecule has 0 saturated carbocycles. The Balaban J connectivity index is 1.29. The van der Waals surface area contributed by atoms with Crippen LogP contribution in [0.15, 0.2) is 67.3 Å². The fourth-order valence-electron chi connectivity index (χ4n) is 4.39. The topological polar surface area (TPSA) is 122 Å². The third kappa shape index (κ3) is 5.88. The molecular weight excluding hydrogens is 501 g/mol. The van der Waals surface area contributed by atoms with Crippen LogP contribution in [-0.4, -0.2) is 44.7 Å². The third-order valence-electron chi connectivity index (χ3n) is 6.31. The van der Waals surface area contributed by atoms with E-state index in [4.69, 9.17) is 15.2 Å². The van der Waals surface area contributed by atoms with Crippen LogP contribution in [0.1, 0.15) is 32.7 Å². The van der Waals surface area contributed by atoms with Crippen molar-refractivity contribution in [3.05, 3.63) is 101 Å². The Morgan fingerprint density at radius 3 is 2.46 bits per heavy atom. The number of carbonyl (C=O) groups is 1. The minimum Gasteiger partial charge on any atom is -0.496 e. The van der Waals surface area contributed by atoms with E-state index < -0.39 is 0 Å². The van der Waals surface area contributed by atoms with Crippen molar-refractivity contribution in [1.29, 1.82) is 0 Å². The number of nitrogens with two attached hydrogens (primary N) is 1. The largest absolute Gasteiger partial charge is 0.496 e. The van der Waals surface area contributed by atoms with Crippen LogP contribution in [0, 0.1) is 5.82 Å². The molecule has 0 radical (unpaired) electrons. The fraction of sp³-hybridized carbons (Fsp3) is 0.214. The fourth-order valence-corrected chi connectivity index (χ4v) is 4.39. The van der Waals surface area contributed by atoms with Crippen molar-refractivity contribution < 1.29 is 18.7 Å². The maximum atomic E-state index is 13.2. The lowest BCUT2D eigenvalue weighted by atomic mass is 10.1. The Labute approximate surface area is 224 Å². The Morgan fingerprint density at radius 1 is 1.05 bits per heavy atom. The Bertz CT molecular complexity index is 1610. The molecule has 3 N–H and O–H groups in total. The summed E-state index contributed by atoms with van der Waals surface area (Å²) in [6.45, 7) is 1.38. The standard InChI is InChI=1S/C28H28FN7O3/c1-38-17-25-24(28(37)32-11-21-9-20-7-8-31-27(30)23(20)10-26(21)39-2)16-36(34-25)14-19-5-3-18(4-6-19)13-35-15-22(29)12-33-35/h3-10,12,15-16H,11,13-14,17H2,1-2H3,(H2,30,31)(H,32,37). The number of pyridine rings is 1. The Morgan fingerprint density at radius 2 is 1.79 bits per heavy atom. The van der Waals surface area contributed by atoms with Gasteiger partial charge in [-0.1, -0.05) is 24.3 Å². The molecule has 0 spiro atoms. The molecule has 3 heterocycles. The lowest BCUT2D eigenvalue weighted by molar-refractivity contribution is 0.0945. The van der Waals surface area contributed by atoms with Gasteiger partial charge in [0.1, 0.15) is 17.3 Å². The molecule has 0 saturated heterocycles. The zero-order valence-electron chi connectivity index (χ0n) is 21.6. The van der Waals surface area contributed by atoms with Crippen molar-refractivity contribution in [3.63, 3.8) is 0 Å². The molecule has 1 amide bonds. The number of fused-ring (bicyclic) bond motifs is 1. The van der Waals surface area contributed by atoms with Gasteiger partial charge >= 0.3 is 0 Å². The second-order valence-corrected chi connectivity index (χ2v) is 9.06. The number of hydrogen-bond acceptors (Lipinski definition) is 7. The summed E-state index contributed by atoms with van der Waals surface area (Å²) in [7, 11) is 3.13. The molecule has 10 nitrogen and oxygen atoms in total. The molecule has 3 aromatic heterocycles. The Kier molecular flexibility index (Phi) is 7.50. The number of benzene rings is 2. The highest BCUT2D eigenvalue weighted by Gasteiger charge is 2.18. The second kappa shape index (κ2) is 11.3. The van der Waals surface area contributed by atoms with E-state index in [1.165, 1.54) is 12.4 Å². The first-order valence-electron chi connectivity index (χ1n) is 12.2. The van der Waals surface area contributed by atoms with E-state index in [9.17, 15) is 9.18 Å². The molecule has 39 heavy (non-hydrogen) atoms. The van der Waals surface area contributed by atoms with E-state index in [-0.39, 0.29) is 24.9 Å². The number of amides is 1. The molecule has 2 aromatic carbocycles. The van der Waals surface area contributed by atoms with Gasteiger partial charge in [0.25, 0.3) is 5.91 Å². The average Bonchev–Trinajstić information content (AvgIpc) is 3.53. The zero-order chi connectivity index (χ0) is 27.4. The number of aromatic nitrogens is 5. The summed E-state index contributed by atoms with van der Waals surface area (Å²) in [4.78, 5) is 17.3. The van der Waals surface area contributed by atoms with Gasteiger partial charge in [-0.3, -0.25) is 14.2 Å². The number of nitrogens with zero attached hydrogens (tertiary/aromatic N) is 5. The lowest BCUT2D eigenvalue weighted by Gasteiger charge is -2.12. The van der Waals surface area contributed by atoms with Gasteiger partial charge in [-0.05, 0) is 34.7 Å². The quantitative estimate of drug-likeness (QED) is 0.284. The van der Waals surface area contributed by atoms with Crippen molar-refractivity contribution >= 4 is 22.5 Å². The summed E-state index contributed by atoms with van der Waals surface area (Å²) >= 11 is 0. The van der Waals surface area contributed by atoms with Gasteiger partial charge in [0.05, 0.1) is 44.8 Å². The van der Waals surface area contributed by atoms with E-state index in [2.05, 4.69) is 20.5 Å². The molecule has 0 unspecified atom stereocenters. The van der Waals surface area contributed by atoms with Crippen LogP contribution in [0.3, 0.4) is 0 Å². The summed E-state index contributed by atoms with van der Waals surface area (Å²) in [5.41, 5.74) is 9.77. The number of halogens is 1. The van der Waals surface area contributed by atoms with Gasteiger partial charge in [0.15, 0.2) is 5.82 Å². The molecule has 0 aliphatic rings. The molecule has 5 rings (SSSR count). The predicted octanol–water partition coefficient (Wildman–Crippen LogP) is 3.53. The van der Waals surface area contributed by atoms with E-state index in [0.29, 0.717) is 35.9 Å². The van der Waals surface area contributed by atoms with Crippen LogP contribution in [0.25, 0.3) is 10.8 Å². The first-order valence-corrected chi connectivity index (χ1v) is 12.2. The van der Waals surface area contributed by atoms with Crippen molar-refractivity contribution in [2.45, 2.75) is 26.2 Å². The highest BCUT2D eigenvalue weighted by atomic mass is 19.1. The average molecular weight is 530 g/mol. The van der Waals surface area contributed by atoms with Crippen LogP contribution in [0.4, 0.5) is 10.2 Å². The number of nitrogens with one attached hydrogen (secondary N) is 1. The number of methoxy groups -OCH3 is 2. The van der Waals surface area contributed by atoms with Crippen molar-refractivity contribution in [2.24, 2.45) is 0 Å². The molecule has 11 heteroatoms. The van der Waals surface area contributed by atoms with Crippen molar-refractivity contribution in [2.75, 3.05) is 20.0 Å². The van der Waals surface area contributed by atoms with Crippen LogP contribution >= 0.6 is 0 Å². The van der Waals surface area contributed by atoms with Crippen LogP contribution < -0.4 is 15.8 Å². The molecule has 0 aliphatic carbocycles. The van der Waals surface area contributed by atoms with Gasteiger partial charge in [-0.25, -0.2) is 9.37 Å². The maximum Gasteiger partial charge on any atom is 0.255 e. The van der Waals surface area contributed by atoms with Gasteiger partial charge in [0.2, 0.25) is 0 Å². The number of hydrogen-bond donors (Lipinski definition) is 2. The van der Waals surface area contributed by atoms with E-state index >= 15 is 0 Å². The van der Waals surface area contributed by atoms with E-state index in [1.54, 1.807) is 36.0 Å². The number of nitrogen functional groups attached to an aromatic ring is 1. The lowest BCUT2D eigenvalue weighted by Crippen LogP contribution is -2.24. The molecule has 5 aromatic rings. The van der Waals surface area contributed by atoms with Gasteiger partial charge in [-0.15, -0.1) is 0 Å². The van der Waals surface area contributed by atoms with Crippen LogP contribution in [0.2, 0.25) is 0 Å². The van der Waals surface area contributed by atoms with E-state index in [1.807, 2.05) is 42.5 Å². The van der Waals surface area contributed by atoms with Crippen molar-refractivity contribution in [1.82, 2.24) is 29.9 Å². The number of anilines is 1. The van der Waals surface area contributed by atoms with E-state index in [0.717, 1.165) is 27.5 Å². The third-order valence-corrected chi connectivity index (χ3v) is 6.31. The molecule has 0 atom stereocenters. The summed E-state index contributed by atoms with van der Waals surface area (Å²) in [5, 5.41) is 13.2. The van der Waals surface area contributed by atoms with Gasteiger partial charge in [0, 0.05) is 37.0 Å². The van der Waals surface area contributed by atoms with Gasteiger partial charge in [-0.2, -0.15) is 10.2 Å². The molecular formula is C28H28FN7O3. The molecule has 0 bridgehead atoms. The number of carbonyl (C=O) groups excluding carboxylic acids is 1. The Hall–Kier alpha value is -4.77. The molecule has 0 fully saturated rings. The normalized spacial score (nSPS) is 11.2. The monoisotopic (exact) mass is 529 g/mol. The van der Waals surface area contributed by atoms with Gasteiger partial charge < -0.3 is 20.5 Å². The molecule has 200 valence electrons. The van der Waals surface area contributed by atoms with Crippen molar-refractivity contribution in [3.8, 4) is 5.75 Å². The smallest absolute Gasteiger partial charge is 0.255 e. The number of rotatable bonds is 10. The SMILES string of the molecule is COCc1nn(Cc2ccc(Cn3cc(F)cn3)cc2)cc1C(=O)NCc1cc2ccnc(N)c2cc1OC. The minimum absolute atomic E-state index is 0.195. The minimum atomic E-state index is -0.365. The number of ether oxygens (including phenoxy) is 2. The summed E-state index contributed by atoms with van der Waals surface area (Å²) < 4.78 is 27.3. The highest BCUT2D eigenvalue weighted by molar-refractivity contribution is 5.95.